The van der Waals surface area contributed by atoms with E-state index in [2.05, 4.69) is 29.3 Å². The molecule has 0 amide bonds. The smallest absolute Gasteiger partial charge is 0.0992 e. The van der Waals surface area contributed by atoms with Gasteiger partial charge in [-0.05, 0) is 30.3 Å². The lowest BCUT2D eigenvalue weighted by molar-refractivity contribution is 1.23. The van der Waals surface area contributed by atoms with E-state index in [0.29, 0.717) is 5.56 Å². The minimum atomic E-state index is 0.691. The molecule has 0 atom stereocenters. The third-order valence-electron chi connectivity index (χ3n) is 2.70. The highest BCUT2D eigenvalue weighted by Gasteiger charge is 2.02. The van der Waals surface area contributed by atoms with Crippen LogP contribution in [0.5, 0.6) is 0 Å². The van der Waals surface area contributed by atoms with E-state index in [0.717, 1.165) is 15.4 Å². The van der Waals surface area contributed by atoms with Crippen LogP contribution in [0.25, 0.3) is 10.9 Å². The third kappa shape index (κ3) is 2.11. The molecule has 0 fully saturated rings. The van der Waals surface area contributed by atoms with Gasteiger partial charge in [-0.2, -0.15) is 5.26 Å². The fourth-order valence-electron chi connectivity index (χ4n) is 1.86. The first-order valence-corrected chi connectivity index (χ1v) is 6.42. The summed E-state index contributed by atoms with van der Waals surface area (Å²) in [5, 5.41) is 11.2. The van der Waals surface area contributed by atoms with Crippen LogP contribution in [0.4, 0.5) is 0 Å². The Bertz CT molecular complexity index is 704. The van der Waals surface area contributed by atoms with E-state index in [1.165, 1.54) is 5.39 Å². The third-order valence-corrected chi connectivity index (χ3v) is 3.63. The fourth-order valence-corrected chi connectivity index (χ4v) is 2.79. The van der Waals surface area contributed by atoms with Crippen molar-refractivity contribution in [3.05, 3.63) is 60.2 Å². The molecule has 3 rings (SSSR count). The number of nitrogens with zero attached hydrogens (tertiary/aromatic N) is 1. The molecule has 1 heterocycles. The molecule has 0 aliphatic carbocycles. The molecule has 3 aromatic rings. The lowest BCUT2D eigenvalue weighted by atomic mass is 10.2. The maximum absolute atomic E-state index is 8.88. The molecule has 1 N–H and O–H groups in total. The van der Waals surface area contributed by atoms with Gasteiger partial charge < -0.3 is 4.98 Å². The first-order chi connectivity index (χ1) is 8.85. The maximum Gasteiger partial charge on any atom is 0.0992 e. The molecule has 0 saturated heterocycles. The summed E-state index contributed by atoms with van der Waals surface area (Å²) in [6.45, 7) is 0. The highest BCUT2D eigenvalue weighted by molar-refractivity contribution is 7.99. The second-order valence-corrected chi connectivity index (χ2v) is 5.08. The summed E-state index contributed by atoms with van der Waals surface area (Å²) in [5.41, 5.74) is 1.83. The topological polar surface area (TPSA) is 39.6 Å². The zero-order valence-corrected chi connectivity index (χ0v) is 10.4. The van der Waals surface area contributed by atoms with Gasteiger partial charge in [-0.15, -0.1) is 0 Å². The number of hydrogen-bond donors (Lipinski definition) is 1. The number of fused-ring (bicyclic) bond motifs is 1. The van der Waals surface area contributed by atoms with E-state index in [1.54, 1.807) is 11.8 Å². The van der Waals surface area contributed by atoms with E-state index in [1.807, 2.05) is 36.4 Å². The zero-order chi connectivity index (χ0) is 12.4. The predicted octanol–water partition coefficient (Wildman–Crippen LogP) is 4.19. The van der Waals surface area contributed by atoms with E-state index in [9.17, 15) is 0 Å². The molecule has 1 aromatic heterocycles. The molecule has 0 bridgehead atoms. The first kappa shape index (κ1) is 10.9. The van der Waals surface area contributed by atoms with Gasteiger partial charge in [-0.1, -0.05) is 36.0 Å². The van der Waals surface area contributed by atoms with Gasteiger partial charge in [0.1, 0.15) is 0 Å². The SMILES string of the molecule is N#Cc1cccc(Sc2cc3ccccc3[nH]2)c1. The number of aromatic amines is 1. The number of aromatic nitrogens is 1. The van der Waals surface area contributed by atoms with E-state index in [-0.39, 0.29) is 0 Å². The van der Waals surface area contributed by atoms with Crippen LogP contribution in [0.1, 0.15) is 5.56 Å². The molecule has 18 heavy (non-hydrogen) atoms. The molecule has 3 heteroatoms. The molecule has 0 radical (unpaired) electrons. The molecule has 0 aliphatic heterocycles. The summed E-state index contributed by atoms with van der Waals surface area (Å²) < 4.78 is 0. The highest BCUT2D eigenvalue weighted by atomic mass is 32.2. The number of benzene rings is 2. The average Bonchev–Trinajstić information content (AvgIpc) is 2.81. The molecule has 0 spiro atoms. The van der Waals surface area contributed by atoms with Gasteiger partial charge >= 0.3 is 0 Å². The van der Waals surface area contributed by atoms with Crippen LogP contribution < -0.4 is 0 Å². The van der Waals surface area contributed by atoms with Crippen molar-refractivity contribution in [1.29, 1.82) is 5.26 Å². The monoisotopic (exact) mass is 250 g/mol. The minimum absolute atomic E-state index is 0.691. The Morgan fingerprint density at radius 3 is 2.72 bits per heavy atom. The normalized spacial score (nSPS) is 10.4. The van der Waals surface area contributed by atoms with Gasteiger partial charge in [0.25, 0.3) is 0 Å². The predicted molar refractivity (Wildman–Crippen MR) is 73.6 cm³/mol. The fraction of sp³-hybridized carbons (Fsp3) is 0. The number of para-hydroxylation sites is 1. The van der Waals surface area contributed by atoms with Crippen molar-refractivity contribution in [1.82, 2.24) is 4.98 Å². The molecule has 2 aromatic carbocycles. The Morgan fingerprint density at radius 1 is 1.00 bits per heavy atom. The van der Waals surface area contributed by atoms with Crippen LogP contribution in [0.15, 0.2) is 64.5 Å². The van der Waals surface area contributed by atoms with E-state index < -0.39 is 0 Å². The minimum Gasteiger partial charge on any atom is -0.349 e. The molecule has 0 unspecified atom stereocenters. The number of rotatable bonds is 2. The van der Waals surface area contributed by atoms with Crippen molar-refractivity contribution in [2.75, 3.05) is 0 Å². The van der Waals surface area contributed by atoms with Crippen molar-refractivity contribution in [2.24, 2.45) is 0 Å². The van der Waals surface area contributed by atoms with E-state index in [4.69, 9.17) is 5.26 Å². The van der Waals surface area contributed by atoms with Gasteiger partial charge in [-0.3, -0.25) is 0 Å². The van der Waals surface area contributed by atoms with Gasteiger partial charge in [0.2, 0.25) is 0 Å². The van der Waals surface area contributed by atoms with E-state index >= 15 is 0 Å². The van der Waals surface area contributed by atoms with Crippen molar-refractivity contribution < 1.29 is 0 Å². The van der Waals surface area contributed by atoms with Crippen LogP contribution in [0.2, 0.25) is 0 Å². The summed E-state index contributed by atoms with van der Waals surface area (Å²) in [6, 6.07) is 20.1. The first-order valence-electron chi connectivity index (χ1n) is 5.61. The molecule has 86 valence electrons. The van der Waals surface area contributed by atoms with Gasteiger partial charge in [-0.25, -0.2) is 0 Å². The Kier molecular flexibility index (Phi) is 2.79. The van der Waals surface area contributed by atoms with Crippen LogP contribution in [0.3, 0.4) is 0 Å². The quantitative estimate of drug-likeness (QED) is 0.740. The van der Waals surface area contributed by atoms with Gasteiger partial charge in [0, 0.05) is 15.8 Å². The van der Waals surface area contributed by atoms with Gasteiger partial charge in [0.05, 0.1) is 16.7 Å². The van der Waals surface area contributed by atoms with Crippen LogP contribution >= 0.6 is 11.8 Å². The summed E-state index contributed by atoms with van der Waals surface area (Å²) in [7, 11) is 0. The number of nitrogens with one attached hydrogen (secondary N) is 1. The van der Waals surface area contributed by atoms with Crippen molar-refractivity contribution in [3.63, 3.8) is 0 Å². The Balaban J connectivity index is 1.94. The lowest BCUT2D eigenvalue weighted by Crippen LogP contribution is -1.76. The van der Waals surface area contributed by atoms with Crippen LogP contribution in [-0.2, 0) is 0 Å². The largest absolute Gasteiger partial charge is 0.349 e. The Labute approximate surface area is 109 Å². The summed E-state index contributed by atoms with van der Waals surface area (Å²) in [6.07, 6.45) is 0. The Morgan fingerprint density at radius 2 is 1.89 bits per heavy atom. The second-order valence-electron chi connectivity index (χ2n) is 3.96. The number of hydrogen-bond acceptors (Lipinski definition) is 2. The molecule has 0 aliphatic rings. The molecule has 2 nitrogen and oxygen atoms in total. The Hall–Kier alpha value is -2.18. The molecular formula is C15H10N2S. The second kappa shape index (κ2) is 4.59. The lowest BCUT2D eigenvalue weighted by Gasteiger charge is -1.98. The van der Waals surface area contributed by atoms with Crippen LogP contribution in [-0.4, -0.2) is 4.98 Å². The standard InChI is InChI=1S/C15H10N2S/c16-10-11-4-3-6-13(8-11)18-15-9-12-5-1-2-7-14(12)17-15/h1-9,17H. The van der Waals surface area contributed by atoms with Crippen LogP contribution in [0, 0.1) is 11.3 Å². The van der Waals surface area contributed by atoms with Crippen molar-refractivity contribution in [2.45, 2.75) is 9.92 Å². The summed E-state index contributed by atoms with van der Waals surface area (Å²) in [5.74, 6) is 0. The molecular weight excluding hydrogens is 240 g/mol. The van der Waals surface area contributed by atoms with Crippen molar-refractivity contribution in [3.8, 4) is 6.07 Å². The van der Waals surface area contributed by atoms with Crippen molar-refractivity contribution >= 4 is 22.7 Å². The highest BCUT2D eigenvalue weighted by Crippen LogP contribution is 2.30. The maximum atomic E-state index is 8.88. The number of nitriles is 1. The van der Waals surface area contributed by atoms with Gasteiger partial charge in [0.15, 0.2) is 0 Å². The summed E-state index contributed by atoms with van der Waals surface area (Å²) in [4.78, 5) is 4.43. The number of H-pyrrole nitrogens is 1. The zero-order valence-electron chi connectivity index (χ0n) is 9.55. The average molecular weight is 250 g/mol. The summed E-state index contributed by atoms with van der Waals surface area (Å²) >= 11 is 1.64. The molecule has 0 saturated carbocycles.